The number of nitrogens with two attached hydrogens (primary N) is 1. The highest BCUT2D eigenvalue weighted by Gasteiger charge is 2.25. The average molecular weight is 325 g/mol. The van der Waals surface area contributed by atoms with Crippen molar-refractivity contribution in [1.82, 2.24) is 5.32 Å². The number of amides is 1. The van der Waals surface area contributed by atoms with Gasteiger partial charge in [0.25, 0.3) is 0 Å². The lowest BCUT2D eigenvalue weighted by Crippen LogP contribution is -2.38. The highest BCUT2D eigenvalue weighted by molar-refractivity contribution is 7.80. The lowest BCUT2D eigenvalue weighted by molar-refractivity contribution is -0.139. The highest BCUT2D eigenvalue weighted by atomic mass is 32.1. The van der Waals surface area contributed by atoms with Crippen LogP contribution in [0, 0.1) is 0 Å². The van der Waals surface area contributed by atoms with Crippen LogP contribution in [0.5, 0.6) is 0 Å². The van der Waals surface area contributed by atoms with Gasteiger partial charge in [-0.2, -0.15) is 0 Å². The number of carboxylic acid groups (broad SMARTS) is 1. The molecular weight excluding hydrogens is 306 g/mol. The molecule has 7 nitrogen and oxygen atoms in total. The maximum absolute atomic E-state index is 11.7. The van der Waals surface area contributed by atoms with E-state index in [1.165, 1.54) is 0 Å². The van der Waals surface area contributed by atoms with Crippen molar-refractivity contribution in [2.24, 2.45) is 5.73 Å². The molecule has 0 spiro atoms. The topological polar surface area (TPSA) is 114 Å². The van der Waals surface area contributed by atoms with E-state index in [0.29, 0.717) is 11.3 Å². The van der Waals surface area contributed by atoms with Crippen molar-refractivity contribution in [2.75, 3.05) is 5.32 Å². The second-order valence-electron chi connectivity index (χ2n) is 5.53. The van der Waals surface area contributed by atoms with E-state index in [2.05, 4.69) is 10.6 Å². The number of carbonyl (C=O) groups excluding carboxylic acids is 1. The van der Waals surface area contributed by atoms with Crippen LogP contribution in [0.3, 0.4) is 0 Å². The Morgan fingerprint density at radius 1 is 1.27 bits per heavy atom. The molecule has 0 fully saturated rings. The van der Waals surface area contributed by atoms with Crippen molar-refractivity contribution in [1.29, 1.82) is 0 Å². The van der Waals surface area contributed by atoms with Crippen LogP contribution < -0.4 is 16.4 Å². The second kappa shape index (κ2) is 7.08. The lowest BCUT2D eigenvalue weighted by atomic mass is 10.1. The standard InChI is InChI=1S/C14H19N3O4S/c1-14(2,3)21-13(20)17-10(11(18)19)8-4-6-9(7-5-8)16-12(15)22/h4-7,10H,1-3H3,(H,17,20)(H,18,19)(H3,15,16,22). The molecule has 1 aromatic rings. The molecule has 1 unspecified atom stereocenters. The van der Waals surface area contributed by atoms with E-state index in [0.717, 1.165) is 0 Å². The fraction of sp³-hybridized carbons (Fsp3) is 0.357. The summed E-state index contributed by atoms with van der Waals surface area (Å²) in [6.45, 7) is 5.08. The molecule has 0 saturated carbocycles. The number of rotatable bonds is 4. The van der Waals surface area contributed by atoms with E-state index in [1.807, 2.05) is 0 Å². The first-order valence-electron chi connectivity index (χ1n) is 6.47. The van der Waals surface area contributed by atoms with Crippen LogP contribution in [0.15, 0.2) is 24.3 Å². The summed E-state index contributed by atoms with van der Waals surface area (Å²) < 4.78 is 5.06. The largest absolute Gasteiger partial charge is 0.479 e. The van der Waals surface area contributed by atoms with Crippen molar-refractivity contribution < 1.29 is 19.4 Å². The first-order chi connectivity index (χ1) is 10.1. The Morgan fingerprint density at radius 2 is 1.82 bits per heavy atom. The second-order valence-corrected chi connectivity index (χ2v) is 5.97. The Balaban J connectivity index is 2.85. The number of ether oxygens (including phenoxy) is 1. The van der Waals surface area contributed by atoms with E-state index in [4.69, 9.17) is 22.7 Å². The zero-order valence-corrected chi connectivity index (χ0v) is 13.4. The molecule has 0 aliphatic heterocycles. The maximum Gasteiger partial charge on any atom is 0.408 e. The Morgan fingerprint density at radius 3 is 2.23 bits per heavy atom. The van der Waals surface area contributed by atoms with Gasteiger partial charge in [-0.25, -0.2) is 9.59 Å². The first kappa shape index (κ1) is 17.7. The number of hydrogen-bond acceptors (Lipinski definition) is 4. The van der Waals surface area contributed by atoms with Crippen LogP contribution in [0.2, 0.25) is 0 Å². The van der Waals surface area contributed by atoms with Crippen LogP contribution in [-0.4, -0.2) is 27.9 Å². The number of carboxylic acids is 1. The van der Waals surface area contributed by atoms with Crippen LogP contribution >= 0.6 is 12.2 Å². The minimum Gasteiger partial charge on any atom is -0.479 e. The third-order valence-corrected chi connectivity index (χ3v) is 2.52. The van der Waals surface area contributed by atoms with Crippen molar-refractivity contribution >= 4 is 35.1 Å². The van der Waals surface area contributed by atoms with Crippen LogP contribution in [0.1, 0.15) is 32.4 Å². The summed E-state index contributed by atoms with van der Waals surface area (Å²) >= 11 is 4.71. The number of anilines is 1. The van der Waals surface area contributed by atoms with Crippen LogP contribution in [0.25, 0.3) is 0 Å². The van der Waals surface area contributed by atoms with Gasteiger partial charge in [0.05, 0.1) is 0 Å². The average Bonchev–Trinajstić information content (AvgIpc) is 2.34. The van der Waals surface area contributed by atoms with Gasteiger partial charge in [-0.1, -0.05) is 12.1 Å². The van der Waals surface area contributed by atoms with E-state index >= 15 is 0 Å². The summed E-state index contributed by atoms with van der Waals surface area (Å²) in [5, 5.41) is 14.4. The number of aliphatic carboxylic acids is 1. The summed E-state index contributed by atoms with van der Waals surface area (Å²) in [4.78, 5) is 23.1. The molecule has 0 aliphatic carbocycles. The number of nitrogens with one attached hydrogen (secondary N) is 2. The minimum absolute atomic E-state index is 0.106. The molecule has 8 heteroatoms. The molecule has 1 aromatic carbocycles. The number of hydrogen-bond donors (Lipinski definition) is 4. The van der Waals surface area contributed by atoms with E-state index < -0.39 is 23.7 Å². The van der Waals surface area contributed by atoms with Crippen LogP contribution in [-0.2, 0) is 9.53 Å². The van der Waals surface area contributed by atoms with Gasteiger partial charge in [-0.3, -0.25) is 0 Å². The molecule has 120 valence electrons. The van der Waals surface area contributed by atoms with Crippen molar-refractivity contribution in [2.45, 2.75) is 32.4 Å². The predicted octanol–water partition coefficient (Wildman–Crippen LogP) is 1.99. The first-order valence-corrected chi connectivity index (χ1v) is 6.88. The Labute approximate surface area is 133 Å². The summed E-state index contributed by atoms with van der Waals surface area (Å²) in [5.74, 6) is -1.19. The van der Waals surface area contributed by atoms with Gasteiger partial charge in [0, 0.05) is 5.69 Å². The smallest absolute Gasteiger partial charge is 0.408 e. The Bertz CT molecular complexity index is 566. The quantitative estimate of drug-likeness (QED) is 0.626. The summed E-state index contributed by atoms with van der Waals surface area (Å²) in [6, 6.07) is 5.12. The summed E-state index contributed by atoms with van der Waals surface area (Å²) in [6.07, 6.45) is -0.801. The normalized spacial score (nSPS) is 12.1. The number of benzene rings is 1. The Kier molecular flexibility index (Phi) is 5.69. The van der Waals surface area contributed by atoms with Gasteiger partial charge in [-0.15, -0.1) is 0 Å². The molecule has 0 saturated heterocycles. The number of carbonyl (C=O) groups is 2. The SMILES string of the molecule is CC(C)(C)OC(=O)NC(C(=O)O)c1ccc(NC(N)=S)cc1. The molecule has 0 radical (unpaired) electrons. The fourth-order valence-corrected chi connectivity index (χ4v) is 1.73. The van der Waals surface area contributed by atoms with Crippen LogP contribution in [0.4, 0.5) is 10.5 Å². The van der Waals surface area contributed by atoms with Crippen molar-refractivity contribution in [3.63, 3.8) is 0 Å². The number of thiocarbonyl (C=S) groups is 1. The van der Waals surface area contributed by atoms with Gasteiger partial charge in [0.2, 0.25) is 0 Å². The van der Waals surface area contributed by atoms with E-state index in [9.17, 15) is 14.7 Å². The van der Waals surface area contributed by atoms with Gasteiger partial charge >= 0.3 is 12.1 Å². The lowest BCUT2D eigenvalue weighted by Gasteiger charge is -2.22. The predicted molar refractivity (Wildman–Crippen MR) is 86.6 cm³/mol. The molecule has 1 atom stereocenters. The Hall–Kier alpha value is -2.35. The monoisotopic (exact) mass is 325 g/mol. The van der Waals surface area contributed by atoms with Crippen molar-refractivity contribution in [3.05, 3.63) is 29.8 Å². The zero-order chi connectivity index (χ0) is 16.9. The van der Waals surface area contributed by atoms with Gasteiger partial charge in [-0.05, 0) is 50.7 Å². The molecular formula is C14H19N3O4S. The minimum atomic E-state index is -1.21. The zero-order valence-electron chi connectivity index (χ0n) is 12.5. The highest BCUT2D eigenvalue weighted by Crippen LogP contribution is 2.18. The van der Waals surface area contributed by atoms with Crippen molar-refractivity contribution in [3.8, 4) is 0 Å². The molecule has 0 heterocycles. The third kappa shape index (κ3) is 5.96. The summed E-state index contributed by atoms with van der Waals surface area (Å²) in [7, 11) is 0. The molecule has 1 rings (SSSR count). The maximum atomic E-state index is 11.7. The fourth-order valence-electron chi connectivity index (χ4n) is 1.61. The molecule has 0 aliphatic rings. The molecule has 5 N–H and O–H groups in total. The van der Waals surface area contributed by atoms with E-state index in [1.54, 1.807) is 45.0 Å². The summed E-state index contributed by atoms with van der Waals surface area (Å²) in [5.41, 5.74) is 5.66. The number of alkyl carbamates (subject to hydrolysis) is 1. The van der Waals surface area contributed by atoms with Gasteiger partial charge in [0.1, 0.15) is 5.60 Å². The molecule has 0 bridgehead atoms. The third-order valence-electron chi connectivity index (χ3n) is 2.42. The van der Waals surface area contributed by atoms with Gasteiger partial charge in [0.15, 0.2) is 11.2 Å². The van der Waals surface area contributed by atoms with E-state index in [-0.39, 0.29) is 5.11 Å². The molecule has 22 heavy (non-hydrogen) atoms. The van der Waals surface area contributed by atoms with Gasteiger partial charge < -0.3 is 26.2 Å². The molecule has 0 aromatic heterocycles. The molecule has 1 amide bonds.